The Hall–Kier alpha value is -0.820. The fourth-order valence-corrected chi connectivity index (χ4v) is 1.45. The van der Waals surface area contributed by atoms with Crippen molar-refractivity contribution in [3.05, 3.63) is 23.6 Å². The van der Waals surface area contributed by atoms with Crippen LogP contribution in [0.15, 0.2) is 17.2 Å². The lowest BCUT2D eigenvalue weighted by Crippen LogP contribution is -2.00. The molecule has 0 N–H and O–H groups in total. The van der Waals surface area contributed by atoms with E-state index < -0.39 is 32.0 Å². The second-order valence-electron chi connectivity index (χ2n) is 2.30. The molecule has 0 aromatic carbocycles. The molecule has 1 heterocycles. The van der Waals surface area contributed by atoms with Crippen LogP contribution in [0.1, 0.15) is 12.0 Å². The summed E-state index contributed by atoms with van der Waals surface area (Å²) in [6.45, 7) is 0. The van der Waals surface area contributed by atoms with Gasteiger partial charge in [0.2, 0.25) is 5.95 Å². The Morgan fingerprint density at radius 1 is 1.36 bits per heavy atom. The Balaban J connectivity index is 3.35. The number of nitrogens with zero attached hydrogens (tertiary/aromatic N) is 1. The summed E-state index contributed by atoms with van der Waals surface area (Å²) in [6, 6.07) is 0.965. The van der Waals surface area contributed by atoms with E-state index in [1.54, 1.807) is 0 Å². The zero-order valence-electron chi connectivity index (χ0n) is 6.42. The molecule has 14 heavy (non-hydrogen) atoms. The third kappa shape index (κ3) is 2.58. The van der Waals surface area contributed by atoms with Gasteiger partial charge in [0, 0.05) is 22.3 Å². The zero-order chi connectivity index (χ0) is 10.9. The number of rotatable bonds is 2. The minimum atomic E-state index is -4.29. The third-order valence-corrected chi connectivity index (χ3v) is 2.48. The van der Waals surface area contributed by atoms with Crippen LogP contribution in [-0.2, 0) is 9.05 Å². The molecule has 0 radical (unpaired) electrons. The van der Waals surface area contributed by atoms with Crippen LogP contribution in [-0.4, -0.2) is 13.4 Å². The molecule has 0 aliphatic rings. The molecule has 0 amide bonds. The summed E-state index contributed by atoms with van der Waals surface area (Å²) in [5, 5.41) is -0.922. The van der Waals surface area contributed by atoms with Gasteiger partial charge in [-0.3, -0.25) is 0 Å². The maximum Gasteiger partial charge on any atom is 0.278 e. The highest BCUT2D eigenvalue weighted by atomic mass is 35.7. The SMILES string of the molecule is O=S(=O)(Cl)c1cc(C(F)F)cc(F)n1. The Morgan fingerprint density at radius 2 is 1.93 bits per heavy atom. The summed E-state index contributed by atoms with van der Waals surface area (Å²) in [6.07, 6.45) is -2.98. The van der Waals surface area contributed by atoms with E-state index in [0.717, 1.165) is 0 Å². The molecule has 1 aromatic heterocycles. The Morgan fingerprint density at radius 3 is 2.36 bits per heavy atom. The molecule has 0 saturated carbocycles. The lowest BCUT2D eigenvalue weighted by Gasteiger charge is -2.01. The fourth-order valence-electron chi connectivity index (χ4n) is 0.742. The van der Waals surface area contributed by atoms with Crippen molar-refractivity contribution in [3.8, 4) is 0 Å². The molecule has 1 rings (SSSR count). The molecule has 0 unspecified atom stereocenters. The molecule has 0 fully saturated rings. The first-order chi connectivity index (χ1) is 6.30. The van der Waals surface area contributed by atoms with Crippen LogP contribution in [0.2, 0.25) is 0 Å². The van der Waals surface area contributed by atoms with Crippen LogP contribution >= 0.6 is 10.7 Å². The minimum Gasteiger partial charge on any atom is -0.207 e. The maximum atomic E-state index is 12.6. The number of halogens is 4. The van der Waals surface area contributed by atoms with E-state index in [2.05, 4.69) is 4.98 Å². The van der Waals surface area contributed by atoms with E-state index in [-0.39, 0.29) is 0 Å². The molecule has 0 spiro atoms. The third-order valence-electron chi connectivity index (χ3n) is 1.29. The van der Waals surface area contributed by atoms with Crippen LogP contribution in [0.25, 0.3) is 0 Å². The summed E-state index contributed by atoms with van der Waals surface area (Å²) < 4.78 is 58.0. The van der Waals surface area contributed by atoms with E-state index in [1.165, 1.54) is 0 Å². The van der Waals surface area contributed by atoms with Crippen molar-refractivity contribution in [1.29, 1.82) is 0 Å². The fraction of sp³-hybridized carbons (Fsp3) is 0.167. The predicted octanol–water partition coefficient (Wildman–Crippen LogP) is 2.09. The van der Waals surface area contributed by atoms with E-state index >= 15 is 0 Å². The largest absolute Gasteiger partial charge is 0.278 e. The highest BCUT2D eigenvalue weighted by molar-refractivity contribution is 8.13. The summed E-state index contributed by atoms with van der Waals surface area (Å²) in [5.74, 6) is -1.32. The zero-order valence-corrected chi connectivity index (χ0v) is 7.99. The van der Waals surface area contributed by atoms with Crippen LogP contribution in [0.4, 0.5) is 13.2 Å². The summed E-state index contributed by atoms with van der Waals surface area (Å²) in [5.41, 5.74) is -0.781. The van der Waals surface area contributed by atoms with Gasteiger partial charge in [-0.15, -0.1) is 0 Å². The summed E-state index contributed by atoms with van der Waals surface area (Å²) >= 11 is 0. The number of pyridine rings is 1. The van der Waals surface area contributed by atoms with Gasteiger partial charge < -0.3 is 0 Å². The van der Waals surface area contributed by atoms with E-state index in [0.29, 0.717) is 12.1 Å². The second-order valence-corrected chi connectivity index (χ2v) is 4.81. The van der Waals surface area contributed by atoms with Gasteiger partial charge in [0.05, 0.1) is 0 Å². The Bertz CT molecular complexity index is 448. The number of hydrogen-bond acceptors (Lipinski definition) is 3. The van der Waals surface area contributed by atoms with Gasteiger partial charge in [0.15, 0.2) is 5.03 Å². The molecule has 8 heteroatoms. The molecule has 78 valence electrons. The van der Waals surface area contributed by atoms with Gasteiger partial charge in [0.1, 0.15) is 0 Å². The first kappa shape index (κ1) is 11.3. The van der Waals surface area contributed by atoms with Gasteiger partial charge in [-0.2, -0.15) is 4.39 Å². The van der Waals surface area contributed by atoms with Crippen LogP contribution in [0, 0.1) is 5.95 Å². The first-order valence-electron chi connectivity index (χ1n) is 3.21. The maximum absolute atomic E-state index is 12.6. The molecule has 1 aromatic rings. The highest BCUT2D eigenvalue weighted by Gasteiger charge is 2.18. The topological polar surface area (TPSA) is 47.0 Å². The standard InChI is InChI=1S/C6H3ClF3NO2S/c7-14(12,13)5-2-3(6(9)10)1-4(8)11-5/h1-2,6H. The quantitative estimate of drug-likeness (QED) is 0.592. The Kier molecular flexibility index (Phi) is 3.01. The van der Waals surface area contributed by atoms with Gasteiger partial charge >= 0.3 is 0 Å². The van der Waals surface area contributed by atoms with Gasteiger partial charge in [-0.05, 0) is 6.07 Å². The lowest BCUT2D eigenvalue weighted by molar-refractivity contribution is 0.150. The van der Waals surface area contributed by atoms with Crippen molar-refractivity contribution >= 4 is 19.7 Å². The minimum absolute atomic E-state index is 0.441. The van der Waals surface area contributed by atoms with Crippen molar-refractivity contribution in [3.63, 3.8) is 0 Å². The van der Waals surface area contributed by atoms with Crippen LogP contribution < -0.4 is 0 Å². The summed E-state index contributed by atoms with van der Waals surface area (Å²) in [7, 11) is 0.512. The van der Waals surface area contributed by atoms with Crippen LogP contribution in [0.3, 0.4) is 0 Å². The predicted molar refractivity (Wildman–Crippen MR) is 42.2 cm³/mol. The van der Waals surface area contributed by atoms with Crippen molar-refractivity contribution < 1.29 is 21.6 Å². The average Bonchev–Trinajstić information content (AvgIpc) is 2.01. The number of alkyl halides is 2. The normalized spacial score (nSPS) is 12.1. The van der Waals surface area contributed by atoms with Gasteiger partial charge in [-0.1, -0.05) is 0 Å². The van der Waals surface area contributed by atoms with Crippen molar-refractivity contribution in [2.45, 2.75) is 11.5 Å². The van der Waals surface area contributed by atoms with Crippen molar-refractivity contribution in [1.82, 2.24) is 4.98 Å². The highest BCUT2D eigenvalue weighted by Crippen LogP contribution is 2.22. The Labute approximate surface area is 81.9 Å². The number of aromatic nitrogens is 1. The molecule has 3 nitrogen and oxygen atoms in total. The van der Waals surface area contributed by atoms with Gasteiger partial charge in [0.25, 0.3) is 15.5 Å². The second kappa shape index (κ2) is 3.74. The molecule has 0 aliphatic heterocycles. The molecular formula is C6H3ClF3NO2S. The molecular weight excluding hydrogens is 243 g/mol. The molecule has 0 bridgehead atoms. The molecule has 0 atom stereocenters. The number of hydrogen-bond donors (Lipinski definition) is 0. The smallest absolute Gasteiger partial charge is 0.207 e. The van der Waals surface area contributed by atoms with Crippen molar-refractivity contribution in [2.75, 3.05) is 0 Å². The van der Waals surface area contributed by atoms with E-state index in [1.807, 2.05) is 0 Å². The monoisotopic (exact) mass is 245 g/mol. The van der Waals surface area contributed by atoms with Crippen LogP contribution in [0.5, 0.6) is 0 Å². The van der Waals surface area contributed by atoms with Gasteiger partial charge in [-0.25, -0.2) is 22.2 Å². The summed E-state index contributed by atoms with van der Waals surface area (Å²) in [4.78, 5) is 2.87. The average molecular weight is 246 g/mol. The van der Waals surface area contributed by atoms with E-state index in [4.69, 9.17) is 10.7 Å². The molecule has 0 aliphatic carbocycles. The first-order valence-corrected chi connectivity index (χ1v) is 5.52. The van der Waals surface area contributed by atoms with E-state index in [9.17, 15) is 21.6 Å². The molecule has 0 saturated heterocycles. The van der Waals surface area contributed by atoms with Crippen molar-refractivity contribution in [2.24, 2.45) is 0 Å². The lowest BCUT2D eigenvalue weighted by atomic mass is 10.3.